The summed E-state index contributed by atoms with van der Waals surface area (Å²) in [4.78, 5) is 23.0. The van der Waals surface area contributed by atoms with Crippen LogP contribution in [0, 0.1) is 23.2 Å². The highest BCUT2D eigenvalue weighted by Gasteiger charge is 2.35. The van der Waals surface area contributed by atoms with Gasteiger partial charge in [0.2, 0.25) is 5.89 Å². The Kier molecular flexibility index (Phi) is 7.65. The molecule has 1 unspecified atom stereocenters. The average molecular weight is 521 g/mol. The maximum atomic E-state index is 12.3. The minimum atomic E-state index is -0.922. The van der Waals surface area contributed by atoms with Gasteiger partial charge in [-0.15, -0.1) is 0 Å². The summed E-state index contributed by atoms with van der Waals surface area (Å²) in [5, 5.41) is 23.6. The Bertz CT molecular complexity index is 1300. The Morgan fingerprint density at radius 1 is 1.24 bits per heavy atom. The lowest BCUT2D eigenvalue weighted by Gasteiger charge is -2.35. The third-order valence-corrected chi connectivity index (χ3v) is 8.04. The highest BCUT2D eigenvalue weighted by molar-refractivity contribution is 5.77. The van der Waals surface area contributed by atoms with Crippen molar-refractivity contribution in [2.24, 2.45) is 11.8 Å². The molecule has 3 heterocycles. The molecule has 38 heavy (non-hydrogen) atoms. The van der Waals surface area contributed by atoms with E-state index in [-0.39, 0.29) is 11.8 Å². The van der Waals surface area contributed by atoms with Gasteiger partial charge in [-0.1, -0.05) is 11.6 Å². The van der Waals surface area contributed by atoms with Gasteiger partial charge in [-0.3, -0.25) is 0 Å². The van der Waals surface area contributed by atoms with E-state index in [2.05, 4.69) is 25.8 Å². The smallest absolute Gasteiger partial charge is 0.407 e. The van der Waals surface area contributed by atoms with E-state index in [1.165, 1.54) is 4.90 Å². The molecule has 10 heteroatoms. The van der Waals surface area contributed by atoms with E-state index in [1.54, 1.807) is 6.07 Å². The molecule has 0 radical (unpaired) electrons. The lowest BCUT2D eigenvalue weighted by atomic mass is 9.80. The van der Waals surface area contributed by atoms with Gasteiger partial charge in [0.1, 0.15) is 0 Å². The number of nitriles is 1. The number of hydrogen-bond donors (Lipinski definition) is 1. The van der Waals surface area contributed by atoms with E-state index in [9.17, 15) is 15.2 Å². The van der Waals surface area contributed by atoms with Crippen LogP contribution >= 0.6 is 0 Å². The van der Waals surface area contributed by atoms with Crippen molar-refractivity contribution in [2.45, 2.75) is 70.3 Å². The number of fused-ring (bicyclic) bond motifs is 1. The molecule has 0 bridgehead atoms. The van der Waals surface area contributed by atoms with Crippen LogP contribution in [0.1, 0.15) is 75.6 Å². The lowest BCUT2D eigenvalue weighted by molar-refractivity contribution is 0.0830. The van der Waals surface area contributed by atoms with Gasteiger partial charge in [-0.2, -0.15) is 10.2 Å². The number of benzene rings is 1. The predicted octanol–water partition coefficient (Wildman–Crippen LogP) is 4.95. The maximum absolute atomic E-state index is 12.3. The van der Waals surface area contributed by atoms with Crippen LogP contribution in [0.2, 0.25) is 0 Å². The van der Waals surface area contributed by atoms with Gasteiger partial charge in [0.15, 0.2) is 5.82 Å². The number of carbonyl (C=O) groups is 1. The first-order valence-electron chi connectivity index (χ1n) is 13.6. The molecule has 1 saturated heterocycles. The number of carboxylic acid groups (broad SMARTS) is 1. The normalized spacial score (nSPS) is 20.9. The van der Waals surface area contributed by atoms with Crippen LogP contribution < -0.4 is 0 Å². The molecule has 1 saturated carbocycles. The molecular weight excluding hydrogens is 484 g/mol. The Balaban J connectivity index is 1.22. The molecule has 1 aliphatic carbocycles. The third kappa shape index (κ3) is 5.83. The zero-order chi connectivity index (χ0) is 26.7. The summed E-state index contributed by atoms with van der Waals surface area (Å²) in [6.45, 7) is 6.93. The molecular formula is C28H36N6O4. The van der Waals surface area contributed by atoms with E-state index in [4.69, 9.17) is 9.26 Å². The highest BCUT2D eigenvalue weighted by Crippen LogP contribution is 2.33. The summed E-state index contributed by atoms with van der Waals surface area (Å²) in [6, 6.07) is 7.77. The summed E-state index contributed by atoms with van der Waals surface area (Å²) in [5.74, 6) is 2.12. The van der Waals surface area contributed by atoms with Crippen molar-refractivity contribution in [2.75, 3.05) is 26.3 Å². The Hall–Kier alpha value is -3.45. The van der Waals surface area contributed by atoms with Crippen molar-refractivity contribution in [1.29, 1.82) is 5.26 Å². The van der Waals surface area contributed by atoms with Crippen molar-refractivity contribution in [1.82, 2.24) is 24.6 Å². The van der Waals surface area contributed by atoms with Crippen LogP contribution in [-0.2, 0) is 16.7 Å². The second kappa shape index (κ2) is 11.1. The summed E-state index contributed by atoms with van der Waals surface area (Å²) in [7, 11) is 0. The number of aromatic nitrogens is 4. The Morgan fingerprint density at radius 3 is 2.79 bits per heavy atom. The summed E-state index contributed by atoms with van der Waals surface area (Å²) in [5.41, 5.74) is 1.88. The zero-order valence-corrected chi connectivity index (χ0v) is 22.2. The fourth-order valence-corrected chi connectivity index (χ4v) is 5.98. The molecule has 10 nitrogen and oxygen atoms in total. The summed E-state index contributed by atoms with van der Waals surface area (Å²) in [6.07, 6.45) is 6.81. The Labute approximate surface area is 222 Å². The van der Waals surface area contributed by atoms with Crippen molar-refractivity contribution in [3.63, 3.8) is 0 Å². The molecule has 202 valence electrons. The lowest BCUT2D eigenvalue weighted by Crippen LogP contribution is -2.43. The SMILES string of the molecule is CC(C)(CN(CC1CCC[C@H](Cn2cnc3ccc(C#N)cc32)C1)C(=O)O)c1nc(C2CCOCC2)no1. The van der Waals surface area contributed by atoms with Crippen LogP contribution in [-0.4, -0.2) is 62.1 Å². The van der Waals surface area contributed by atoms with E-state index in [0.29, 0.717) is 49.5 Å². The number of nitrogens with zero attached hydrogens (tertiary/aromatic N) is 6. The van der Waals surface area contributed by atoms with Crippen LogP contribution in [0.15, 0.2) is 29.0 Å². The fraction of sp³-hybridized carbons (Fsp3) is 0.607. The molecule has 2 aromatic heterocycles. The number of amides is 1. The van der Waals surface area contributed by atoms with Gasteiger partial charge in [0.25, 0.3) is 0 Å². The largest absolute Gasteiger partial charge is 0.465 e. The van der Waals surface area contributed by atoms with Crippen LogP contribution in [0.4, 0.5) is 4.79 Å². The van der Waals surface area contributed by atoms with Gasteiger partial charge in [0.05, 0.1) is 34.4 Å². The second-order valence-corrected chi connectivity index (χ2v) is 11.5. The monoisotopic (exact) mass is 520 g/mol. The molecule has 3 aromatic rings. The molecule has 1 aromatic carbocycles. The van der Waals surface area contributed by atoms with Gasteiger partial charge in [-0.05, 0) is 76.0 Å². The first kappa shape index (κ1) is 26.2. The van der Waals surface area contributed by atoms with Gasteiger partial charge in [0, 0.05) is 38.8 Å². The first-order valence-corrected chi connectivity index (χ1v) is 13.6. The van der Waals surface area contributed by atoms with E-state index < -0.39 is 11.5 Å². The number of imidazole rings is 1. The molecule has 2 atom stereocenters. The molecule has 1 amide bonds. The summed E-state index contributed by atoms with van der Waals surface area (Å²) >= 11 is 0. The molecule has 0 spiro atoms. The van der Waals surface area contributed by atoms with Crippen LogP contribution in [0.25, 0.3) is 11.0 Å². The minimum Gasteiger partial charge on any atom is -0.465 e. The number of hydrogen-bond acceptors (Lipinski definition) is 7. The van der Waals surface area contributed by atoms with Crippen molar-refractivity contribution < 1.29 is 19.2 Å². The highest BCUT2D eigenvalue weighted by atomic mass is 16.5. The molecule has 2 fully saturated rings. The average Bonchev–Trinajstić information content (AvgIpc) is 3.57. The standard InChI is InChI=1S/C28H36N6O4/c1-28(2,26-31-25(32-38-26)22-8-10-37-11-9-22)17-33(27(35)36)15-20-4-3-5-21(12-20)16-34-18-30-23-7-6-19(14-29)13-24(23)34/h6-7,13,18,20-22H,3-5,8-12,15-17H2,1-2H3,(H,35,36)/t20?,21-/m0/s1. The van der Waals surface area contributed by atoms with E-state index in [0.717, 1.165) is 56.1 Å². The quantitative estimate of drug-likeness (QED) is 0.441. The van der Waals surface area contributed by atoms with Crippen molar-refractivity contribution >= 4 is 17.1 Å². The minimum absolute atomic E-state index is 0.228. The van der Waals surface area contributed by atoms with Crippen molar-refractivity contribution in [3.05, 3.63) is 41.8 Å². The second-order valence-electron chi connectivity index (χ2n) is 11.5. The van der Waals surface area contributed by atoms with E-state index in [1.807, 2.05) is 32.3 Å². The Morgan fingerprint density at radius 2 is 2.03 bits per heavy atom. The zero-order valence-electron chi connectivity index (χ0n) is 22.2. The predicted molar refractivity (Wildman–Crippen MR) is 140 cm³/mol. The molecule has 2 aliphatic rings. The maximum Gasteiger partial charge on any atom is 0.407 e. The van der Waals surface area contributed by atoms with Crippen molar-refractivity contribution in [3.8, 4) is 6.07 Å². The van der Waals surface area contributed by atoms with Gasteiger partial charge >= 0.3 is 6.09 Å². The number of rotatable bonds is 8. The van der Waals surface area contributed by atoms with Gasteiger partial charge < -0.3 is 23.8 Å². The van der Waals surface area contributed by atoms with Crippen LogP contribution in [0.5, 0.6) is 0 Å². The van der Waals surface area contributed by atoms with E-state index >= 15 is 0 Å². The molecule has 5 rings (SSSR count). The first-order chi connectivity index (χ1) is 18.3. The molecule has 1 N–H and O–H groups in total. The summed E-state index contributed by atoms with van der Waals surface area (Å²) < 4.78 is 13.2. The van der Waals surface area contributed by atoms with Crippen LogP contribution in [0.3, 0.4) is 0 Å². The third-order valence-electron chi connectivity index (χ3n) is 8.04. The topological polar surface area (TPSA) is 130 Å². The number of ether oxygens (including phenoxy) is 1. The fourth-order valence-electron chi connectivity index (χ4n) is 5.98. The van der Waals surface area contributed by atoms with Gasteiger partial charge in [-0.25, -0.2) is 9.78 Å². The molecule has 1 aliphatic heterocycles.